The Bertz CT molecular complexity index is 385. The van der Waals surface area contributed by atoms with E-state index in [1.165, 1.54) is 6.07 Å². The fraction of sp³-hybridized carbons (Fsp3) is 0.500. The molecule has 0 amide bonds. The maximum atomic E-state index is 13.6. The Hall–Kier alpha value is -1.10. The summed E-state index contributed by atoms with van der Waals surface area (Å²) in [6.07, 6.45) is -5.73. The second-order valence-electron chi connectivity index (χ2n) is 4.35. The molecule has 17 heavy (non-hydrogen) atoms. The molecule has 0 aliphatic rings. The maximum Gasteiger partial charge on any atom is 0.419 e. The fourth-order valence-electron chi connectivity index (χ4n) is 1.60. The van der Waals surface area contributed by atoms with Crippen molar-refractivity contribution in [1.82, 2.24) is 0 Å². The van der Waals surface area contributed by atoms with Gasteiger partial charge in [-0.05, 0) is 18.4 Å². The van der Waals surface area contributed by atoms with Gasteiger partial charge in [-0.25, -0.2) is 4.39 Å². The smallest absolute Gasteiger partial charge is 0.388 e. The third kappa shape index (κ3) is 3.43. The third-order valence-corrected chi connectivity index (χ3v) is 2.39. The summed E-state index contributed by atoms with van der Waals surface area (Å²) in [6, 6.07) is 2.95. The number of halogens is 4. The van der Waals surface area contributed by atoms with Gasteiger partial charge in [-0.15, -0.1) is 0 Å². The largest absolute Gasteiger partial charge is 0.419 e. The summed E-state index contributed by atoms with van der Waals surface area (Å²) in [5.74, 6) is -1.31. The maximum absolute atomic E-state index is 13.6. The lowest BCUT2D eigenvalue weighted by Crippen LogP contribution is -2.12. The quantitative estimate of drug-likeness (QED) is 0.806. The number of rotatable bonds is 3. The van der Waals surface area contributed by atoms with Gasteiger partial charge in [0.2, 0.25) is 0 Å². The highest BCUT2D eigenvalue weighted by atomic mass is 19.4. The van der Waals surface area contributed by atoms with Gasteiger partial charge >= 0.3 is 6.18 Å². The summed E-state index contributed by atoms with van der Waals surface area (Å²) >= 11 is 0. The average molecular weight is 250 g/mol. The molecule has 0 aliphatic carbocycles. The predicted octanol–water partition coefficient (Wildman–Crippen LogP) is 3.92. The molecule has 0 spiro atoms. The minimum atomic E-state index is -4.74. The van der Waals surface area contributed by atoms with Crippen LogP contribution in [0.15, 0.2) is 18.2 Å². The molecular formula is C12H14F4O. The Morgan fingerprint density at radius 1 is 1.24 bits per heavy atom. The molecule has 5 heteroatoms. The molecular weight excluding hydrogens is 236 g/mol. The normalized spacial score (nSPS) is 14.1. The van der Waals surface area contributed by atoms with Gasteiger partial charge in [0.1, 0.15) is 5.82 Å². The predicted molar refractivity (Wildman–Crippen MR) is 55.8 cm³/mol. The Morgan fingerprint density at radius 2 is 1.82 bits per heavy atom. The van der Waals surface area contributed by atoms with Crippen molar-refractivity contribution >= 4 is 0 Å². The lowest BCUT2D eigenvalue weighted by atomic mass is 9.97. The summed E-state index contributed by atoms with van der Waals surface area (Å²) in [5, 5.41) is 9.65. The molecule has 0 radical (unpaired) electrons. The van der Waals surface area contributed by atoms with Gasteiger partial charge in [-0.2, -0.15) is 13.2 Å². The minimum absolute atomic E-state index is 0.0685. The minimum Gasteiger partial charge on any atom is -0.388 e. The molecule has 1 aromatic carbocycles. The van der Waals surface area contributed by atoms with Crippen LogP contribution in [0.3, 0.4) is 0 Å². The van der Waals surface area contributed by atoms with Crippen LogP contribution in [0.4, 0.5) is 17.6 Å². The molecule has 0 aromatic heterocycles. The first-order valence-electron chi connectivity index (χ1n) is 5.27. The molecule has 0 bridgehead atoms. The second kappa shape index (κ2) is 5.04. The Morgan fingerprint density at radius 3 is 2.29 bits per heavy atom. The van der Waals surface area contributed by atoms with Gasteiger partial charge in [0.25, 0.3) is 0 Å². The second-order valence-corrected chi connectivity index (χ2v) is 4.35. The first-order chi connectivity index (χ1) is 7.73. The first-order valence-corrected chi connectivity index (χ1v) is 5.27. The number of hydrogen-bond acceptors (Lipinski definition) is 1. The fourth-order valence-corrected chi connectivity index (χ4v) is 1.60. The van der Waals surface area contributed by atoms with E-state index in [0.29, 0.717) is 6.07 Å². The van der Waals surface area contributed by atoms with Crippen LogP contribution in [-0.4, -0.2) is 5.11 Å². The van der Waals surface area contributed by atoms with Crippen LogP contribution in [0, 0.1) is 11.7 Å². The van der Waals surface area contributed by atoms with E-state index in [1.807, 2.05) is 0 Å². The molecule has 0 saturated heterocycles. The molecule has 0 aliphatic heterocycles. The van der Waals surface area contributed by atoms with Crippen LogP contribution in [0.2, 0.25) is 0 Å². The van der Waals surface area contributed by atoms with Crippen molar-refractivity contribution in [3.8, 4) is 0 Å². The van der Waals surface area contributed by atoms with Crippen molar-refractivity contribution in [2.24, 2.45) is 5.92 Å². The molecule has 1 aromatic rings. The Balaban J connectivity index is 3.10. The number of hydrogen-bond donors (Lipinski definition) is 1. The van der Waals surface area contributed by atoms with Crippen molar-refractivity contribution in [2.75, 3.05) is 0 Å². The Labute approximate surface area is 97.1 Å². The summed E-state index contributed by atoms with van der Waals surface area (Å²) < 4.78 is 50.9. The highest BCUT2D eigenvalue weighted by Gasteiger charge is 2.35. The zero-order valence-electron chi connectivity index (χ0n) is 9.55. The molecule has 1 unspecified atom stereocenters. The van der Waals surface area contributed by atoms with Crippen molar-refractivity contribution in [1.29, 1.82) is 0 Å². The van der Waals surface area contributed by atoms with E-state index in [-0.39, 0.29) is 17.9 Å². The van der Waals surface area contributed by atoms with Crippen LogP contribution in [-0.2, 0) is 6.18 Å². The van der Waals surface area contributed by atoms with Gasteiger partial charge in [0.05, 0.1) is 11.7 Å². The molecule has 1 N–H and O–H groups in total. The van der Waals surface area contributed by atoms with E-state index in [0.717, 1.165) is 6.07 Å². The van der Waals surface area contributed by atoms with E-state index in [9.17, 15) is 22.7 Å². The zero-order valence-corrected chi connectivity index (χ0v) is 9.55. The lowest BCUT2D eigenvalue weighted by Gasteiger charge is -2.16. The van der Waals surface area contributed by atoms with Gasteiger partial charge in [-0.1, -0.05) is 26.0 Å². The number of alkyl halides is 3. The summed E-state index contributed by atoms with van der Waals surface area (Å²) in [6.45, 7) is 3.60. The average Bonchev–Trinajstić information content (AvgIpc) is 2.14. The lowest BCUT2D eigenvalue weighted by molar-refractivity contribution is -0.140. The van der Waals surface area contributed by atoms with E-state index in [1.54, 1.807) is 13.8 Å². The molecule has 1 nitrogen and oxygen atoms in total. The number of aliphatic hydroxyl groups is 1. The van der Waals surface area contributed by atoms with Gasteiger partial charge < -0.3 is 5.11 Å². The van der Waals surface area contributed by atoms with Crippen LogP contribution in [0.1, 0.15) is 37.5 Å². The molecule has 1 rings (SSSR count). The zero-order chi connectivity index (χ0) is 13.2. The van der Waals surface area contributed by atoms with Crippen LogP contribution >= 0.6 is 0 Å². The van der Waals surface area contributed by atoms with E-state index < -0.39 is 23.7 Å². The van der Waals surface area contributed by atoms with Crippen molar-refractivity contribution < 1.29 is 22.7 Å². The van der Waals surface area contributed by atoms with E-state index in [2.05, 4.69) is 0 Å². The van der Waals surface area contributed by atoms with Crippen LogP contribution in [0.5, 0.6) is 0 Å². The van der Waals surface area contributed by atoms with Crippen molar-refractivity contribution in [2.45, 2.75) is 32.5 Å². The summed E-state index contributed by atoms with van der Waals surface area (Å²) in [4.78, 5) is 0. The van der Waals surface area contributed by atoms with Crippen molar-refractivity contribution in [3.05, 3.63) is 35.1 Å². The highest BCUT2D eigenvalue weighted by molar-refractivity contribution is 5.29. The third-order valence-electron chi connectivity index (χ3n) is 2.39. The Kier molecular flexibility index (Phi) is 4.14. The van der Waals surface area contributed by atoms with Crippen LogP contribution in [0.25, 0.3) is 0 Å². The molecule has 0 saturated carbocycles. The summed E-state index contributed by atoms with van der Waals surface area (Å²) in [5.41, 5.74) is -1.63. The molecule has 1 atom stereocenters. The number of benzene rings is 1. The summed E-state index contributed by atoms with van der Waals surface area (Å²) in [7, 11) is 0. The molecule has 96 valence electrons. The van der Waals surface area contributed by atoms with E-state index >= 15 is 0 Å². The van der Waals surface area contributed by atoms with Gasteiger partial charge in [0, 0.05) is 5.56 Å². The number of aliphatic hydroxyl groups excluding tert-OH is 1. The SMILES string of the molecule is CC(C)CC(O)c1cccc(C(F)(F)F)c1F. The van der Waals surface area contributed by atoms with E-state index in [4.69, 9.17) is 0 Å². The molecule has 0 heterocycles. The molecule has 0 fully saturated rings. The van der Waals surface area contributed by atoms with Crippen LogP contribution < -0.4 is 0 Å². The van der Waals surface area contributed by atoms with Gasteiger partial charge in [-0.3, -0.25) is 0 Å². The standard InChI is InChI=1S/C12H14F4O/c1-7(2)6-10(17)8-4-3-5-9(11(8)13)12(14,15)16/h3-5,7,10,17H,6H2,1-2H3. The monoisotopic (exact) mass is 250 g/mol. The first kappa shape index (κ1) is 14.0. The highest BCUT2D eigenvalue weighted by Crippen LogP contribution is 2.34. The van der Waals surface area contributed by atoms with Gasteiger partial charge in [0.15, 0.2) is 0 Å². The van der Waals surface area contributed by atoms with Crippen molar-refractivity contribution in [3.63, 3.8) is 0 Å². The topological polar surface area (TPSA) is 20.2 Å².